The molecule has 0 saturated carbocycles. The van der Waals surface area contributed by atoms with Crippen molar-refractivity contribution in [1.29, 1.82) is 0 Å². The number of carbonyl (C=O) groups excluding carboxylic acids is 2. The summed E-state index contributed by atoms with van der Waals surface area (Å²) in [6.07, 6.45) is 6.85. The number of hydrogen-bond acceptors (Lipinski definition) is 4. The molecule has 0 aromatic heterocycles. The highest BCUT2D eigenvalue weighted by molar-refractivity contribution is 5.84. The molecule has 0 fully saturated rings. The molecule has 0 aliphatic carbocycles. The fourth-order valence-corrected chi connectivity index (χ4v) is 0.389. The van der Waals surface area contributed by atoms with E-state index in [-0.39, 0.29) is 0 Å². The minimum Gasteiger partial charge on any atom is -0.242 e. The van der Waals surface area contributed by atoms with Crippen LogP contribution in [-0.4, -0.2) is 11.9 Å². The number of hydrogen-bond donors (Lipinski definition) is 0. The predicted molar refractivity (Wildman–Crippen MR) is 46.3 cm³/mol. The third-order valence-corrected chi connectivity index (χ3v) is 0.908. The van der Waals surface area contributed by atoms with E-state index in [0.717, 1.165) is 12.2 Å². The normalized spacial score (nSPS) is 10.2. The minimum atomic E-state index is -0.812. The maximum absolute atomic E-state index is 10.7. The van der Waals surface area contributed by atoms with E-state index in [1.54, 1.807) is 19.1 Å². The molecule has 0 aromatic rings. The van der Waals surface area contributed by atoms with Crippen molar-refractivity contribution in [3.63, 3.8) is 0 Å². The van der Waals surface area contributed by atoms with Gasteiger partial charge in [-0.3, -0.25) is 0 Å². The van der Waals surface area contributed by atoms with Crippen LogP contribution in [0.5, 0.6) is 0 Å². The van der Waals surface area contributed by atoms with Crippen LogP contribution in [-0.2, 0) is 19.4 Å². The third kappa shape index (κ3) is 6.55. The van der Waals surface area contributed by atoms with Crippen LogP contribution in [0.25, 0.3) is 0 Å². The Hall–Kier alpha value is -1.84. The second-order valence-corrected chi connectivity index (χ2v) is 1.89. The maximum Gasteiger partial charge on any atom is 0.379 e. The van der Waals surface area contributed by atoms with E-state index in [1.165, 1.54) is 6.08 Å². The van der Waals surface area contributed by atoms with Crippen LogP contribution >= 0.6 is 0 Å². The zero-order valence-corrected chi connectivity index (χ0v) is 7.23. The van der Waals surface area contributed by atoms with E-state index >= 15 is 0 Å². The Morgan fingerprint density at radius 3 is 2.31 bits per heavy atom. The van der Waals surface area contributed by atoms with Gasteiger partial charge in [-0.15, -0.1) is 0 Å². The Labute approximate surface area is 76.1 Å². The van der Waals surface area contributed by atoms with Crippen molar-refractivity contribution < 1.29 is 19.4 Å². The van der Waals surface area contributed by atoms with Crippen molar-refractivity contribution in [2.75, 3.05) is 0 Å². The van der Waals surface area contributed by atoms with Crippen molar-refractivity contribution in [3.05, 3.63) is 37.0 Å². The van der Waals surface area contributed by atoms with Gasteiger partial charge in [-0.05, 0) is 6.92 Å². The highest BCUT2D eigenvalue weighted by Gasteiger charge is 2.01. The van der Waals surface area contributed by atoms with Crippen LogP contribution in [0.1, 0.15) is 6.92 Å². The zero-order chi connectivity index (χ0) is 10.1. The van der Waals surface area contributed by atoms with Crippen LogP contribution in [0.15, 0.2) is 37.0 Å². The molecule has 0 saturated heterocycles. The summed E-state index contributed by atoms with van der Waals surface area (Å²) in [6, 6.07) is 0. The molecule has 0 rings (SSSR count). The summed E-state index contributed by atoms with van der Waals surface area (Å²) in [5.74, 6) is -1.57. The summed E-state index contributed by atoms with van der Waals surface area (Å²) in [6.45, 7) is 4.92. The lowest BCUT2D eigenvalue weighted by Crippen LogP contribution is -2.06. The molecule has 0 aliphatic rings. The van der Waals surface area contributed by atoms with Gasteiger partial charge >= 0.3 is 11.9 Å². The van der Waals surface area contributed by atoms with E-state index in [1.807, 2.05) is 0 Å². The molecule has 0 amide bonds. The van der Waals surface area contributed by atoms with Gasteiger partial charge in [0.15, 0.2) is 0 Å². The van der Waals surface area contributed by atoms with Gasteiger partial charge in [0.2, 0.25) is 0 Å². The molecule has 0 aliphatic heterocycles. The summed E-state index contributed by atoms with van der Waals surface area (Å²) >= 11 is 0. The first-order valence-electron chi connectivity index (χ1n) is 3.55. The topological polar surface area (TPSA) is 52.6 Å². The highest BCUT2D eigenvalue weighted by atomic mass is 17.2. The Morgan fingerprint density at radius 2 is 1.77 bits per heavy atom. The second-order valence-electron chi connectivity index (χ2n) is 1.89. The van der Waals surface area contributed by atoms with Crippen LogP contribution in [0.2, 0.25) is 0 Å². The minimum absolute atomic E-state index is 0.756. The first-order chi connectivity index (χ1) is 6.20. The summed E-state index contributed by atoms with van der Waals surface area (Å²) in [7, 11) is 0. The molecular formula is C9H10O4. The lowest BCUT2D eigenvalue weighted by atomic mass is 10.4. The van der Waals surface area contributed by atoms with Crippen LogP contribution in [0, 0.1) is 0 Å². The van der Waals surface area contributed by atoms with Crippen LogP contribution < -0.4 is 0 Å². The van der Waals surface area contributed by atoms with E-state index in [9.17, 15) is 9.59 Å². The quantitative estimate of drug-likeness (QED) is 0.286. The average Bonchev–Trinajstić information content (AvgIpc) is 2.14. The SMILES string of the molecule is C=CC(=O)OOC(=O)/C=C/C=C/C. The van der Waals surface area contributed by atoms with Gasteiger partial charge in [0, 0.05) is 12.2 Å². The van der Waals surface area contributed by atoms with Gasteiger partial charge in [0.25, 0.3) is 0 Å². The van der Waals surface area contributed by atoms with Gasteiger partial charge in [-0.2, -0.15) is 0 Å². The Kier molecular flexibility index (Phi) is 5.88. The van der Waals surface area contributed by atoms with Crippen LogP contribution in [0.3, 0.4) is 0 Å². The van der Waals surface area contributed by atoms with Gasteiger partial charge in [0.1, 0.15) is 0 Å². The smallest absolute Gasteiger partial charge is 0.242 e. The lowest BCUT2D eigenvalue weighted by molar-refractivity contribution is -0.250. The maximum atomic E-state index is 10.7. The molecule has 13 heavy (non-hydrogen) atoms. The molecule has 0 N–H and O–H groups in total. The van der Waals surface area contributed by atoms with Gasteiger partial charge < -0.3 is 0 Å². The molecule has 4 heteroatoms. The molecular weight excluding hydrogens is 172 g/mol. The Morgan fingerprint density at radius 1 is 1.15 bits per heavy atom. The Balaban J connectivity index is 3.75. The second kappa shape index (κ2) is 6.84. The van der Waals surface area contributed by atoms with Gasteiger partial charge in [0.05, 0.1) is 0 Å². The lowest BCUT2D eigenvalue weighted by Gasteiger charge is -1.95. The molecule has 4 nitrogen and oxygen atoms in total. The summed E-state index contributed by atoms with van der Waals surface area (Å²) in [5, 5.41) is 0. The summed E-state index contributed by atoms with van der Waals surface area (Å²) in [5.41, 5.74) is 0. The molecule has 70 valence electrons. The zero-order valence-electron chi connectivity index (χ0n) is 7.23. The molecule has 0 spiro atoms. The molecule has 0 radical (unpaired) electrons. The first-order valence-corrected chi connectivity index (χ1v) is 3.55. The first kappa shape index (κ1) is 11.2. The van der Waals surface area contributed by atoms with Gasteiger partial charge in [-0.25, -0.2) is 19.4 Å². The monoisotopic (exact) mass is 182 g/mol. The third-order valence-electron chi connectivity index (χ3n) is 0.908. The molecule has 0 bridgehead atoms. The van der Waals surface area contributed by atoms with Crippen LogP contribution in [0.4, 0.5) is 0 Å². The number of carbonyl (C=O) groups is 2. The Bertz CT molecular complexity index is 250. The van der Waals surface area contributed by atoms with E-state index in [2.05, 4.69) is 16.4 Å². The van der Waals surface area contributed by atoms with E-state index in [0.29, 0.717) is 0 Å². The predicted octanol–water partition coefficient (Wildman–Crippen LogP) is 1.31. The largest absolute Gasteiger partial charge is 0.379 e. The summed E-state index contributed by atoms with van der Waals surface area (Å²) in [4.78, 5) is 29.1. The molecule has 0 atom stereocenters. The van der Waals surface area contributed by atoms with E-state index in [4.69, 9.17) is 0 Å². The van der Waals surface area contributed by atoms with Crippen molar-refractivity contribution >= 4 is 11.9 Å². The van der Waals surface area contributed by atoms with Gasteiger partial charge in [-0.1, -0.05) is 24.8 Å². The molecule has 0 heterocycles. The summed E-state index contributed by atoms with van der Waals surface area (Å²) < 4.78 is 0. The van der Waals surface area contributed by atoms with E-state index < -0.39 is 11.9 Å². The average molecular weight is 182 g/mol. The van der Waals surface area contributed by atoms with Crippen molar-refractivity contribution in [2.24, 2.45) is 0 Å². The molecule has 0 aromatic carbocycles. The fourth-order valence-electron chi connectivity index (χ4n) is 0.389. The van der Waals surface area contributed by atoms with Crippen molar-refractivity contribution in [3.8, 4) is 0 Å². The van der Waals surface area contributed by atoms with Crippen molar-refractivity contribution in [1.82, 2.24) is 0 Å². The molecule has 0 unspecified atom stereocenters. The number of rotatable bonds is 3. The van der Waals surface area contributed by atoms with Crippen molar-refractivity contribution in [2.45, 2.75) is 6.92 Å². The fraction of sp³-hybridized carbons (Fsp3) is 0.111. The standard InChI is InChI=1S/C9H10O4/c1-3-5-6-7-9(11)13-12-8(10)4-2/h3-7H,2H2,1H3/b5-3+,7-6+. The highest BCUT2D eigenvalue weighted by Crippen LogP contribution is 1.86. The number of allylic oxidation sites excluding steroid dienone is 3.